The van der Waals surface area contributed by atoms with Gasteiger partial charge in [-0.1, -0.05) is 60.7 Å². The van der Waals surface area contributed by atoms with Crippen molar-refractivity contribution in [1.29, 1.82) is 0 Å². The molecule has 3 nitrogen and oxygen atoms in total. The van der Waals surface area contributed by atoms with Crippen LogP contribution in [-0.2, 0) is 10.2 Å². The summed E-state index contributed by atoms with van der Waals surface area (Å²) in [6, 6.07) is 25.8. The fourth-order valence-electron chi connectivity index (χ4n) is 5.45. The summed E-state index contributed by atoms with van der Waals surface area (Å²) in [5.41, 5.74) is 8.43. The zero-order chi connectivity index (χ0) is 24.9. The average molecular weight is 592 g/mol. The molecule has 0 amide bonds. The van der Waals surface area contributed by atoms with E-state index in [9.17, 15) is 4.79 Å². The molecule has 35 heavy (non-hydrogen) atoms. The van der Waals surface area contributed by atoms with E-state index in [4.69, 9.17) is 9.47 Å². The Morgan fingerprint density at radius 1 is 0.743 bits per heavy atom. The van der Waals surface area contributed by atoms with E-state index >= 15 is 0 Å². The highest BCUT2D eigenvalue weighted by Gasteiger charge is 2.46. The smallest absolute Gasteiger partial charge is 0.308 e. The van der Waals surface area contributed by atoms with E-state index in [1.807, 2.05) is 6.92 Å². The van der Waals surface area contributed by atoms with Gasteiger partial charge in [-0.15, -0.1) is 0 Å². The highest BCUT2D eigenvalue weighted by atomic mass is 79.9. The molecule has 0 saturated heterocycles. The lowest BCUT2D eigenvalue weighted by Crippen LogP contribution is -2.29. The first-order valence-corrected chi connectivity index (χ1v) is 12.9. The van der Waals surface area contributed by atoms with Crippen molar-refractivity contribution < 1.29 is 14.3 Å². The molecule has 5 rings (SSSR count). The van der Waals surface area contributed by atoms with Crippen molar-refractivity contribution >= 4 is 37.8 Å². The number of fused-ring (bicyclic) bond motifs is 3. The summed E-state index contributed by atoms with van der Waals surface area (Å²) in [6.07, 6.45) is 0. The molecule has 0 heterocycles. The van der Waals surface area contributed by atoms with Crippen molar-refractivity contribution in [3.63, 3.8) is 0 Å². The highest BCUT2D eigenvalue weighted by molar-refractivity contribution is 9.11. The Labute approximate surface area is 222 Å². The summed E-state index contributed by atoms with van der Waals surface area (Å²) in [7, 11) is 1.69. The van der Waals surface area contributed by atoms with Crippen LogP contribution in [0.5, 0.6) is 11.5 Å². The van der Waals surface area contributed by atoms with Gasteiger partial charge in [0.15, 0.2) is 0 Å². The van der Waals surface area contributed by atoms with Gasteiger partial charge in [-0.3, -0.25) is 4.79 Å². The van der Waals surface area contributed by atoms with Crippen molar-refractivity contribution in [2.45, 2.75) is 26.2 Å². The molecule has 4 aromatic carbocycles. The maximum absolute atomic E-state index is 11.7. The molecule has 0 unspecified atom stereocenters. The number of carbonyl (C=O) groups excluding carboxylic acids is 1. The minimum Gasteiger partial charge on any atom is -0.495 e. The van der Waals surface area contributed by atoms with E-state index in [-0.39, 0.29) is 5.97 Å². The van der Waals surface area contributed by atoms with E-state index in [0.717, 1.165) is 36.9 Å². The number of methoxy groups -OCH3 is 1. The lowest BCUT2D eigenvalue weighted by molar-refractivity contribution is -0.131. The number of hydrogen-bond donors (Lipinski definition) is 0. The molecule has 1 aliphatic rings. The number of ether oxygens (including phenoxy) is 2. The van der Waals surface area contributed by atoms with Crippen molar-refractivity contribution in [1.82, 2.24) is 0 Å². The predicted octanol–water partition coefficient (Wildman–Crippen LogP) is 8.13. The molecule has 0 aliphatic heterocycles. The third-order valence-electron chi connectivity index (χ3n) is 6.73. The quantitative estimate of drug-likeness (QED) is 0.156. The van der Waals surface area contributed by atoms with Gasteiger partial charge in [0.1, 0.15) is 11.5 Å². The largest absolute Gasteiger partial charge is 0.495 e. The second-order valence-electron chi connectivity index (χ2n) is 8.85. The predicted molar refractivity (Wildman–Crippen MR) is 146 cm³/mol. The molecule has 4 aromatic rings. The average Bonchev–Trinajstić information content (AvgIpc) is 3.12. The normalized spacial score (nSPS) is 13.2. The number of esters is 1. The Balaban J connectivity index is 1.92. The first-order valence-electron chi connectivity index (χ1n) is 11.3. The van der Waals surface area contributed by atoms with Gasteiger partial charge < -0.3 is 9.47 Å². The molecular formula is C30H24Br2O3. The molecule has 1 aliphatic carbocycles. The third-order valence-corrected chi connectivity index (χ3v) is 7.90. The molecule has 0 bridgehead atoms. The summed E-state index contributed by atoms with van der Waals surface area (Å²) >= 11 is 7.45. The van der Waals surface area contributed by atoms with Gasteiger partial charge >= 0.3 is 5.97 Å². The van der Waals surface area contributed by atoms with Crippen molar-refractivity contribution in [2.75, 3.05) is 7.11 Å². The van der Waals surface area contributed by atoms with Crippen LogP contribution in [0.4, 0.5) is 0 Å². The third kappa shape index (κ3) is 3.64. The Bertz CT molecular complexity index is 1400. The van der Waals surface area contributed by atoms with Gasteiger partial charge in [0, 0.05) is 6.92 Å². The Morgan fingerprint density at radius 3 is 1.63 bits per heavy atom. The van der Waals surface area contributed by atoms with Crippen LogP contribution in [0, 0.1) is 13.8 Å². The number of aryl methyl sites for hydroxylation is 2. The molecule has 5 heteroatoms. The van der Waals surface area contributed by atoms with Crippen molar-refractivity contribution in [3.05, 3.63) is 115 Å². The summed E-state index contributed by atoms with van der Waals surface area (Å²) < 4.78 is 12.8. The standard InChI is InChI=1S/C30H24Br2O3/c1-17-13-20(15-26(31)28(17)34-4)30(21-14-18(2)29(27(32)16-21)35-19(3)33)24-11-7-5-9-22(24)23-10-6-8-12-25(23)30/h5-16H,1-4H3. The van der Waals surface area contributed by atoms with Crippen LogP contribution in [0.15, 0.2) is 81.7 Å². The fraction of sp³-hybridized carbons (Fsp3) is 0.167. The van der Waals surface area contributed by atoms with E-state index in [2.05, 4.69) is 112 Å². The molecule has 176 valence electrons. The van der Waals surface area contributed by atoms with Crippen LogP contribution in [0.3, 0.4) is 0 Å². The minimum atomic E-state index is -0.575. The van der Waals surface area contributed by atoms with Crippen LogP contribution >= 0.6 is 31.9 Å². The molecule has 0 fully saturated rings. The number of halogens is 2. The molecule has 0 aromatic heterocycles. The minimum absolute atomic E-state index is 0.345. The van der Waals surface area contributed by atoms with E-state index < -0.39 is 5.41 Å². The van der Waals surface area contributed by atoms with Crippen LogP contribution in [0.2, 0.25) is 0 Å². The number of carbonyl (C=O) groups is 1. The van der Waals surface area contributed by atoms with Crippen LogP contribution in [0.1, 0.15) is 40.3 Å². The van der Waals surface area contributed by atoms with Gasteiger partial charge in [0.05, 0.1) is 21.5 Å². The topological polar surface area (TPSA) is 35.5 Å². The molecule has 0 atom stereocenters. The highest BCUT2D eigenvalue weighted by Crippen LogP contribution is 2.57. The van der Waals surface area contributed by atoms with Crippen molar-refractivity contribution in [3.8, 4) is 22.6 Å². The number of hydrogen-bond acceptors (Lipinski definition) is 3. The first-order chi connectivity index (χ1) is 16.8. The molecular weight excluding hydrogens is 568 g/mol. The van der Waals surface area contributed by atoms with Crippen LogP contribution in [0.25, 0.3) is 11.1 Å². The number of benzene rings is 4. The van der Waals surface area contributed by atoms with Crippen LogP contribution in [-0.4, -0.2) is 13.1 Å². The van der Waals surface area contributed by atoms with Gasteiger partial charge in [-0.2, -0.15) is 0 Å². The summed E-state index contributed by atoms with van der Waals surface area (Å²) in [5, 5.41) is 0. The Kier molecular flexibility index (Phi) is 6.10. The van der Waals surface area contributed by atoms with Gasteiger partial charge in [-0.05, 0) is 102 Å². The zero-order valence-electron chi connectivity index (χ0n) is 19.9. The Hall–Kier alpha value is -2.89. The lowest BCUT2D eigenvalue weighted by Gasteiger charge is -2.35. The molecule has 0 spiro atoms. The van der Waals surface area contributed by atoms with Gasteiger partial charge in [0.2, 0.25) is 0 Å². The second-order valence-corrected chi connectivity index (χ2v) is 10.6. The van der Waals surface area contributed by atoms with Gasteiger partial charge in [0.25, 0.3) is 0 Å². The van der Waals surface area contributed by atoms with Crippen molar-refractivity contribution in [2.24, 2.45) is 0 Å². The second kappa shape index (κ2) is 8.96. The fourth-order valence-corrected chi connectivity index (χ4v) is 6.81. The molecule has 0 radical (unpaired) electrons. The molecule has 0 saturated carbocycles. The van der Waals surface area contributed by atoms with E-state index in [1.165, 1.54) is 29.2 Å². The monoisotopic (exact) mass is 590 g/mol. The molecule has 0 N–H and O–H groups in total. The summed E-state index contributed by atoms with van der Waals surface area (Å²) in [4.78, 5) is 11.7. The van der Waals surface area contributed by atoms with E-state index in [0.29, 0.717) is 5.75 Å². The number of rotatable bonds is 4. The maximum atomic E-state index is 11.7. The van der Waals surface area contributed by atoms with Gasteiger partial charge in [-0.25, -0.2) is 0 Å². The maximum Gasteiger partial charge on any atom is 0.308 e. The Morgan fingerprint density at radius 2 is 1.20 bits per heavy atom. The zero-order valence-corrected chi connectivity index (χ0v) is 23.1. The lowest BCUT2D eigenvalue weighted by atomic mass is 9.67. The summed E-state index contributed by atoms with van der Waals surface area (Å²) in [5.74, 6) is 1.02. The van der Waals surface area contributed by atoms with Crippen LogP contribution < -0.4 is 9.47 Å². The SMILES string of the molecule is COc1c(C)cc(C2(c3cc(C)c(OC(C)=O)c(Br)c3)c3ccccc3-c3ccccc32)cc1Br. The first kappa shape index (κ1) is 23.8. The summed E-state index contributed by atoms with van der Waals surface area (Å²) in [6.45, 7) is 5.46. The van der Waals surface area contributed by atoms with E-state index in [1.54, 1.807) is 7.11 Å².